The molecule has 6 heteroatoms. The van der Waals surface area contributed by atoms with Gasteiger partial charge in [0.2, 0.25) is 5.89 Å². The number of phenols is 1. The van der Waals surface area contributed by atoms with Gasteiger partial charge in [0.05, 0.1) is 0 Å². The Labute approximate surface area is 110 Å². The largest absolute Gasteiger partial charge is 0.508 e. The molecule has 2 rings (SSSR count). The van der Waals surface area contributed by atoms with Gasteiger partial charge in [0.15, 0.2) is 5.82 Å². The highest BCUT2D eigenvalue weighted by Crippen LogP contribution is 2.24. The predicted molar refractivity (Wildman–Crippen MR) is 67.2 cm³/mol. The Balaban J connectivity index is 1.90. The molecule has 0 radical (unpaired) electrons. The summed E-state index contributed by atoms with van der Waals surface area (Å²) >= 11 is 0. The minimum absolute atomic E-state index is 0.0804. The first kappa shape index (κ1) is 13.5. The molecule has 2 N–H and O–H groups in total. The van der Waals surface area contributed by atoms with E-state index in [1.54, 1.807) is 6.92 Å². The summed E-state index contributed by atoms with van der Waals surface area (Å²) in [6, 6.07) is 3.74. The van der Waals surface area contributed by atoms with Gasteiger partial charge in [0.25, 0.3) is 0 Å². The first-order valence-electron chi connectivity index (χ1n) is 6.07. The number of rotatable bonds is 5. The zero-order valence-electron chi connectivity index (χ0n) is 10.9. The van der Waals surface area contributed by atoms with E-state index in [4.69, 9.17) is 4.52 Å². The van der Waals surface area contributed by atoms with Crippen LogP contribution in [0.25, 0.3) is 0 Å². The molecule has 2 aromatic rings. The maximum Gasteiger partial charge on any atom is 0.223 e. The number of hydrogen-bond donors (Lipinski definition) is 2. The number of phenolic OH excluding ortho intramolecular Hbond substituents is 1. The molecule has 0 saturated carbocycles. The van der Waals surface area contributed by atoms with Crippen LogP contribution in [0.2, 0.25) is 0 Å². The van der Waals surface area contributed by atoms with E-state index in [0.717, 1.165) is 0 Å². The Hall–Kier alpha value is -1.95. The molecule has 0 amide bonds. The van der Waals surface area contributed by atoms with Crippen LogP contribution in [-0.2, 0) is 6.42 Å². The van der Waals surface area contributed by atoms with Crippen LogP contribution in [0, 0.1) is 12.7 Å². The van der Waals surface area contributed by atoms with E-state index in [-0.39, 0.29) is 17.6 Å². The molecule has 0 saturated heterocycles. The molecule has 1 unspecified atom stereocenters. The molecule has 0 fully saturated rings. The van der Waals surface area contributed by atoms with Gasteiger partial charge >= 0.3 is 0 Å². The molecule has 1 heterocycles. The van der Waals surface area contributed by atoms with Gasteiger partial charge in [0, 0.05) is 31.5 Å². The second-order valence-electron chi connectivity index (χ2n) is 4.36. The molecule has 102 valence electrons. The lowest BCUT2D eigenvalue weighted by Gasteiger charge is -2.15. The van der Waals surface area contributed by atoms with Crippen molar-refractivity contribution in [1.82, 2.24) is 15.5 Å². The first-order chi connectivity index (χ1) is 9.06. The fraction of sp³-hybridized carbons (Fsp3) is 0.385. The van der Waals surface area contributed by atoms with E-state index in [2.05, 4.69) is 15.5 Å². The lowest BCUT2D eigenvalue weighted by molar-refractivity contribution is 0.386. The van der Waals surface area contributed by atoms with Gasteiger partial charge in [-0.05, 0) is 25.1 Å². The maximum atomic E-state index is 13.1. The van der Waals surface area contributed by atoms with Gasteiger partial charge in [0.1, 0.15) is 11.6 Å². The number of halogens is 1. The average molecular weight is 265 g/mol. The molecular formula is C13H16FN3O2. The number of aromatic hydroxyl groups is 1. The van der Waals surface area contributed by atoms with Gasteiger partial charge in [-0.1, -0.05) is 5.16 Å². The van der Waals surface area contributed by atoms with Crippen molar-refractivity contribution in [3.8, 4) is 5.75 Å². The van der Waals surface area contributed by atoms with Crippen molar-refractivity contribution in [2.75, 3.05) is 6.54 Å². The molecule has 0 aliphatic heterocycles. The highest BCUT2D eigenvalue weighted by molar-refractivity contribution is 5.34. The van der Waals surface area contributed by atoms with Crippen LogP contribution < -0.4 is 5.32 Å². The minimum atomic E-state index is -0.366. The van der Waals surface area contributed by atoms with Crippen LogP contribution >= 0.6 is 0 Å². The number of aromatic nitrogens is 2. The van der Waals surface area contributed by atoms with E-state index < -0.39 is 0 Å². The van der Waals surface area contributed by atoms with Crippen molar-refractivity contribution in [3.05, 3.63) is 41.3 Å². The van der Waals surface area contributed by atoms with Gasteiger partial charge in [-0.3, -0.25) is 0 Å². The molecule has 0 aliphatic rings. The molecule has 1 aromatic heterocycles. The molecule has 0 aliphatic carbocycles. The van der Waals surface area contributed by atoms with E-state index >= 15 is 0 Å². The first-order valence-corrected chi connectivity index (χ1v) is 6.07. The quantitative estimate of drug-likeness (QED) is 0.866. The number of nitrogens with zero attached hydrogens (tertiary/aromatic N) is 2. The van der Waals surface area contributed by atoms with E-state index in [0.29, 0.717) is 30.2 Å². The van der Waals surface area contributed by atoms with Crippen molar-refractivity contribution in [2.24, 2.45) is 0 Å². The SMILES string of the molecule is Cc1nc(CCNC(C)c2cc(F)ccc2O)no1. The summed E-state index contributed by atoms with van der Waals surface area (Å²) in [6.07, 6.45) is 0.609. The Bertz CT molecular complexity index is 557. The zero-order chi connectivity index (χ0) is 13.8. The summed E-state index contributed by atoms with van der Waals surface area (Å²) in [5, 5.41) is 16.6. The van der Waals surface area contributed by atoms with Gasteiger partial charge in [-0.25, -0.2) is 4.39 Å². The number of hydrogen-bond acceptors (Lipinski definition) is 5. The summed E-state index contributed by atoms with van der Waals surface area (Å²) in [7, 11) is 0. The van der Waals surface area contributed by atoms with Crippen molar-refractivity contribution < 1.29 is 14.0 Å². The van der Waals surface area contributed by atoms with Crippen molar-refractivity contribution in [3.63, 3.8) is 0 Å². The van der Waals surface area contributed by atoms with Crippen LogP contribution in [0.1, 0.15) is 30.2 Å². The number of benzene rings is 1. The third-order valence-corrected chi connectivity index (χ3v) is 2.82. The third kappa shape index (κ3) is 3.51. The summed E-state index contributed by atoms with van der Waals surface area (Å²) in [5.41, 5.74) is 0.532. The van der Waals surface area contributed by atoms with Crippen molar-refractivity contribution in [1.29, 1.82) is 0 Å². The third-order valence-electron chi connectivity index (χ3n) is 2.82. The monoisotopic (exact) mass is 265 g/mol. The van der Waals surface area contributed by atoms with E-state index in [1.807, 2.05) is 6.92 Å². The molecular weight excluding hydrogens is 249 g/mol. The minimum Gasteiger partial charge on any atom is -0.508 e. The lowest BCUT2D eigenvalue weighted by atomic mass is 10.1. The summed E-state index contributed by atoms with van der Waals surface area (Å²) in [4.78, 5) is 4.08. The molecule has 1 atom stereocenters. The van der Waals surface area contributed by atoms with Gasteiger partial charge < -0.3 is 14.9 Å². The van der Waals surface area contributed by atoms with Crippen LogP contribution in [0.5, 0.6) is 5.75 Å². The van der Waals surface area contributed by atoms with Crippen LogP contribution in [0.4, 0.5) is 4.39 Å². The molecule has 0 spiro atoms. The van der Waals surface area contributed by atoms with Crippen LogP contribution in [-0.4, -0.2) is 21.8 Å². The topological polar surface area (TPSA) is 71.2 Å². The second-order valence-corrected chi connectivity index (χ2v) is 4.36. The van der Waals surface area contributed by atoms with Gasteiger partial charge in [-0.15, -0.1) is 0 Å². The van der Waals surface area contributed by atoms with Crippen molar-refractivity contribution in [2.45, 2.75) is 26.3 Å². The van der Waals surface area contributed by atoms with E-state index in [9.17, 15) is 9.50 Å². The van der Waals surface area contributed by atoms with E-state index in [1.165, 1.54) is 18.2 Å². The van der Waals surface area contributed by atoms with Crippen molar-refractivity contribution >= 4 is 0 Å². The average Bonchev–Trinajstić information content (AvgIpc) is 2.78. The fourth-order valence-corrected chi connectivity index (χ4v) is 1.83. The molecule has 1 aromatic carbocycles. The molecule has 5 nitrogen and oxygen atoms in total. The van der Waals surface area contributed by atoms with Crippen LogP contribution in [0.15, 0.2) is 22.7 Å². The Morgan fingerprint density at radius 2 is 2.26 bits per heavy atom. The standard InChI is InChI=1S/C13H16FN3O2/c1-8(11-7-10(14)3-4-12(11)18)15-6-5-13-16-9(2)19-17-13/h3-4,7-8,15,18H,5-6H2,1-2H3. The summed E-state index contributed by atoms with van der Waals surface area (Å²) in [6.45, 7) is 4.20. The van der Waals surface area contributed by atoms with Gasteiger partial charge in [-0.2, -0.15) is 4.98 Å². The highest BCUT2D eigenvalue weighted by atomic mass is 19.1. The maximum absolute atomic E-state index is 13.1. The molecule has 19 heavy (non-hydrogen) atoms. The second kappa shape index (κ2) is 5.79. The Morgan fingerprint density at radius 3 is 2.95 bits per heavy atom. The fourth-order valence-electron chi connectivity index (χ4n) is 1.83. The van der Waals surface area contributed by atoms with Crippen LogP contribution in [0.3, 0.4) is 0 Å². The number of aryl methyl sites for hydroxylation is 1. The molecule has 0 bridgehead atoms. The number of nitrogens with one attached hydrogen (secondary N) is 1. The highest BCUT2D eigenvalue weighted by Gasteiger charge is 2.11. The Morgan fingerprint density at radius 1 is 1.47 bits per heavy atom. The summed E-state index contributed by atoms with van der Waals surface area (Å²) in [5.74, 6) is 0.874. The normalized spacial score (nSPS) is 12.6. The summed E-state index contributed by atoms with van der Waals surface area (Å²) < 4.78 is 18.0. The predicted octanol–water partition coefficient (Wildman–Crippen LogP) is 2.12. The Kier molecular flexibility index (Phi) is 4.11. The zero-order valence-corrected chi connectivity index (χ0v) is 10.9. The lowest BCUT2D eigenvalue weighted by Crippen LogP contribution is -2.22. The smallest absolute Gasteiger partial charge is 0.223 e.